The molecule has 4 aliphatic carbocycles. The molecule has 1 heteroatoms. The minimum atomic E-state index is -0.0638. The minimum Gasteiger partial charge on any atom is -0.299 e. The Labute approximate surface area is 147 Å². The van der Waals surface area contributed by atoms with E-state index < -0.39 is 0 Å². The summed E-state index contributed by atoms with van der Waals surface area (Å²) in [5, 5.41) is 0. The molecule has 0 heterocycles. The van der Waals surface area contributed by atoms with Gasteiger partial charge in [0.05, 0.1) is 0 Å². The molecule has 0 radical (unpaired) electrons. The standard InChI is InChI=1S/C24H18O/c25-20-16-22(17-10-4-1-5-11-17)23(18-12-6-2-7-13-18)21(20)24(22,23)19-14-8-3-9-15-19/h1-15,21H,16H2/t21?,22?,23-,24+. The molecule has 3 aromatic rings. The summed E-state index contributed by atoms with van der Waals surface area (Å²) < 4.78 is 0. The lowest BCUT2D eigenvalue weighted by molar-refractivity contribution is -0.118. The van der Waals surface area contributed by atoms with Gasteiger partial charge < -0.3 is 0 Å². The fourth-order valence-electron chi connectivity index (χ4n) is 6.66. The zero-order valence-electron chi connectivity index (χ0n) is 13.9. The van der Waals surface area contributed by atoms with Gasteiger partial charge in [-0.25, -0.2) is 0 Å². The van der Waals surface area contributed by atoms with Crippen LogP contribution in [0.1, 0.15) is 23.1 Å². The first-order valence-corrected chi connectivity index (χ1v) is 9.01. The first-order chi connectivity index (χ1) is 12.3. The van der Waals surface area contributed by atoms with Gasteiger partial charge >= 0.3 is 0 Å². The molecule has 25 heavy (non-hydrogen) atoms. The molecule has 4 saturated carbocycles. The van der Waals surface area contributed by atoms with E-state index in [1.165, 1.54) is 16.7 Å². The largest absolute Gasteiger partial charge is 0.299 e. The monoisotopic (exact) mass is 322 g/mol. The molecule has 4 fully saturated rings. The van der Waals surface area contributed by atoms with Crippen molar-refractivity contribution in [2.24, 2.45) is 5.92 Å². The van der Waals surface area contributed by atoms with E-state index in [1.807, 2.05) is 0 Å². The maximum atomic E-state index is 13.0. The maximum absolute atomic E-state index is 13.0. The van der Waals surface area contributed by atoms with Crippen LogP contribution in [0.3, 0.4) is 0 Å². The number of Topliss-reactive ketones (excluding diaryl/α,β-unsaturated/α-hetero) is 1. The van der Waals surface area contributed by atoms with Crippen LogP contribution in [0.5, 0.6) is 0 Å². The summed E-state index contributed by atoms with van der Waals surface area (Å²) in [6, 6.07) is 32.2. The maximum Gasteiger partial charge on any atom is 0.138 e. The van der Waals surface area contributed by atoms with Gasteiger partial charge in [-0.3, -0.25) is 4.79 Å². The van der Waals surface area contributed by atoms with Crippen LogP contribution in [0.4, 0.5) is 0 Å². The minimum absolute atomic E-state index is 0.0406. The van der Waals surface area contributed by atoms with Crippen molar-refractivity contribution in [3.05, 3.63) is 108 Å². The number of carbonyl (C=O) groups is 1. The molecule has 2 bridgehead atoms. The van der Waals surface area contributed by atoms with E-state index in [4.69, 9.17) is 0 Å². The molecule has 4 atom stereocenters. The molecule has 2 unspecified atom stereocenters. The lowest BCUT2D eigenvalue weighted by Gasteiger charge is -2.25. The van der Waals surface area contributed by atoms with Gasteiger partial charge in [-0.05, 0) is 16.7 Å². The van der Waals surface area contributed by atoms with Crippen LogP contribution in [0.2, 0.25) is 0 Å². The van der Waals surface area contributed by atoms with Gasteiger partial charge in [0.15, 0.2) is 0 Å². The molecule has 0 aromatic heterocycles. The first-order valence-electron chi connectivity index (χ1n) is 9.01. The topological polar surface area (TPSA) is 17.1 Å². The molecule has 0 amide bonds. The second-order valence-corrected chi connectivity index (χ2v) is 7.70. The highest BCUT2D eigenvalue weighted by Crippen LogP contribution is 3.03. The van der Waals surface area contributed by atoms with E-state index in [0.717, 1.165) is 0 Å². The Balaban J connectivity index is 1.67. The van der Waals surface area contributed by atoms with Crippen LogP contribution in [0.25, 0.3) is 0 Å². The molecule has 120 valence electrons. The van der Waals surface area contributed by atoms with E-state index in [-0.39, 0.29) is 22.2 Å². The van der Waals surface area contributed by atoms with Gasteiger partial charge in [-0.15, -0.1) is 0 Å². The Hall–Kier alpha value is -2.67. The number of ketones is 1. The van der Waals surface area contributed by atoms with E-state index in [9.17, 15) is 4.79 Å². The number of benzene rings is 3. The average molecular weight is 322 g/mol. The highest BCUT2D eigenvalue weighted by molar-refractivity contribution is 6.08. The van der Waals surface area contributed by atoms with Gasteiger partial charge in [0.1, 0.15) is 5.78 Å². The van der Waals surface area contributed by atoms with Gasteiger partial charge in [-0.1, -0.05) is 91.0 Å². The smallest absolute Gasteiger partial charge is 0.138 e. The van der Waals surface area contributed by atoms with E-state index in [1.54, 1.807) is 0 Å². The summed E-state index contributed by atoms with van der Waals surface area (Å²) >= 11 is 0. The number of hydrogen-bond acceptors (Lipinski definition) is 1. The second kappa shape index (κ2) is 4.11. The third-order valence-corrected chi connectivity index (χ3v) is 7.17. The summed E-state index contributed by atoms with van der Waals surface area (Å²) in [7, 11) is 0. The van der Waals surface area contributed by atoms with Crippen molar-refractivity contribution in [2.45, 2.75) is 22.7 Å². The number of hydrogen-bond donors (Lipinski definition) is 0. The van der Waals surface area contributed by atoms with Gasteiger partial charge in [0.25, 0.3) is 0 Å². The highest BCUT2D eigenvalue weighted by Gasteiger charge is 3.11. The molecule has 3 aromatic carbocycles. The molecule has 0 N–H and O–H groups in total. The van der Waals surface area contributed by atoms with Crippen LogP contribution in [-0.2, 0) is 21.0 Å². The van der Waals surface area contributed by atoms with Crippen molar-refractivity contribution in [1.82, 2.24) is 0 Å². The summed E-state index contributed by atoms with van der Waals surface area (Å²) in [6.07, 6.45) is 0.672. The fourth-order valence-corrected chi connectivity index (χ4v) is 6.66. The van der Waals surface area contributed by atoms with Gasteiger partial charge in [0.2, 0.25) is 0 Å². The predicted molar refractivity (Wildman–Crippen MR) is 97.5 cm³/mol. The first kappa shape index (κ1) is 13.6. The van der Waals surface area contributed by atoms with Crippen molar-refractivity contribution in [3.63, 3.8) is 0 Å². The quantitative estimate of drug-likeness (QED) is 0.698. The Morgan fingerprint density at radius 2 is 1.00 bits per heavy atom. The number of carbonyl (C=O) groups excluding carboxylic acids is 1. The average Bonchev–Trinajstić information content (AvgIpc) is 3.41. The van der Waals surface area contributed by atoms with Crippen LogP contribution >= 0.6 is 0 Å². The molecule has 1 nitrogen and oxygen atoms in total. The molecular weight excluding hydrogens is 304 g/mol. The second-order valence-electron chi connectivity index (χ2n) is 7.70. The van der Waals surface area contributed by atoms with Gasteiger partial charge in [0, 0.05) is 28.6 Å². The molecule has 0 spiro atoms. The molecular formula is C24H18O. The summed E-state index contributed by atoms with van der Waals surface area (Å²) in [6.45, 7) is 0. The van der Waals surface area contributed by atoms with Crippen molar-refractivity contribution in [2.75, 3.05) is 0 Å². The fraction of sp³-hybridized carbons (Fsp3) is 0.208. The summed E-state index contributed by atoms with van der Waals surface area (Å²) in [4.78, 5) is 13.0. The van der Waals surface area contributed by atoms with E-state index >= 15 is 0 Å². The van der Waals surface area contributed by atoms with Crippen molar-refractivity contribution in [1.29, 1.82) is 0 Å². The lowest BCUT2D eigenvalue weighted by Crippen LogP contribution is -2.26. The van der Waals surface area contributed by atoms with Gasteiger partial charge in [-0.2, -0.15) is 0 Å². The van der Waals surface area contributed by atoms with E-state index in [0.29, 0.717) is 12.2 Å². The van der Waals surface area contributed by atoms with Crippen molar-refractivity contribution >= 4 is 5.78 Å². The van der Waals surface area contributed by atoms with Crippen molar-refractivity contribution < 1.29 is 4.79 Å². The Morgan fingerprint density at radius 3 is 1.44 bits per heavy atom. The molecule has 0 aliphatic heterocycles. The zero-order chi connectivity index (χ0) is 16.7. The third-order valence-electron chi connectivity index (χ3n) is 7.17. The summed E-state index contributed by atoms with van der Waals surface area (Å²) in [5.41, 5.74) is 3.84. The Bertz CT molecular complexity index is 871. The molecule has 0 saturated heterocycles. The van der Waals surface area contributed by atoms with Crippen LogP contribution in [0, 0.1) is 5.92 Å². The third kappa shape index (κ3) is 1.15. The van der Waals surface area contributed by atoms with E-state index in [2.05, 4.69) is 91.0 Å². The number of rotatable bonds is 3. The van der Waals surface area contributed by atoms with Crippen LogP contribution < -0.4 is 0 Å². The molecule has 7 rings (SSSR count). The zero-order valence-corrected chi connectivity index (χ0v) is 13.9. The lowest BCUT2D eigenvalue weighted by atomic mass is 9.75. The number of fused-ring (bicyclic) bond motifs is 1. The normalized spacial score (nSPS) is 36.8. The Morgan fingerprint density at radius 1 is 0.600 bits per heavy atom. The SMILES string of the molecule is O=C1CC2(c3ccccc3)[C@]3(c4ccccc4)C1[C@]23c1ccccc1. The Kier molecular flexibility index (Phi) is 2.23. The van der Waals surface area contributed by atoms with Crippen LogP contribution in [0.15, 0.2) is 91.0 Å². The predicted octanol–water partition coefficient (Wildman–Crippen LogP) is 4.42. The summed E-state index contributed by atoms with van der Waals surface area (Å²) in [5.74, 6) is 0.585. The van der Waals surface area contributed by atoms with Crippen LogP contribution in [-0.4, -0.2) is 5.78 Å². The van der Waals surface area contributed by atoms with Crippen molar-refractivity contribution in [3.8, 4) is 0 Å². The molecule has 4 aliphatic rings. The highest BCUT2D eigenvalue weighted by atomic mass is 16.1.